The van der Waals surface area contributed by atoms with Crippen LogP contribution in [0.5, 0.6) is 0 Å². The average molecular weight is 452 g/mol. The number of amides is 1. The molecule has 1 aromatic carbocycles. The number of rotatable bonds is 8. The van der Waals surface area contributed by atoms with Crippen LogP contribution in [-0.2, 0) is 14.8 Å². The van der Waals surface area contributed by atoms with Crippen molar-refractivity contribution < 1.29 is 23.1 Å². The minimum atomic E-state index is -3.58. The van der Waals surface area contributed by atoms with Gasteiger partial charge >= 0.3 is 5.97 Å². The number of carbonyl (C=O) groups excluding carboxylic acids is 1. The molecule has 3 rings (SSSR count). The molecule has 9 heteroatoms. The van der Waals surface area contributed by atoms with E-state index < -0.39 is 22.0 Å². The number of hydrogen-bond acceptors (Lipinski definition) is 5. The van der Waals surface area contributed by atoms with Crippen LogP contribution >= 0.6 is 0 Å². The summed E-state index contributed by atoms with van der Waals surface area (Å²) in [5, 5.41) is 15.7. The molecule has 2 fully saturated rings. The lowest BCUT2D eigenvalue weighted by Crippen LogP contribution is -2.43. The van der Waals surface area contributed by atoms with Gasteiger partial charge in [-0.2, -0.15) is 0 Å². The summed E-state index contributed by atoms with van der Waals surface area (Å²) in [5.41, 5.74) is 1.94. The maximum Gasteiger partial charge on any atom is 0.321 e. The largest absolute Gasteiger partial charge is 0.480 e. The fourth-order valence-corrected chi connectivity index (χ4v) is 5.38. The van der Waals surface area contributed by atoms with Crippen LogP contribution in [0.15, 0.2) is 24.3 Å². The monoisotopic (exact) mass is 451 g/mol. The molecule has 1 heterocycles. The summed E-state index contributed by atoms with van der Waals surface area (Å²) >= 11 is 0. The fourth-order valence-electron chi connectivity index (χ4n) is 4.66. The molecular weight excluding hydrogens is 418 g/mol. The zero-order chi connectivity index (χ0) is 22.4. The van der Waals surface area contributed by atoms with Crippen molar-refractivity contribution in [3.63, 3.8) is 0 Å². The Morgan fingerprint density at radius 1 is 1.06 bits per heavy atom. The van der Waals surface area contributed by atoms with Crippen LogP contribution in [0.1, 0.15) is 66.8 Å². The predicted molar refractivity (Wildman–Crippen MR) is 119 cm³/mol. The van der Waals surface area contributed by atoms with Crippen molar-refractivity contribution in [1.29, 1.82) is 0 Å². The summed E-state index contributed by atoms with van der Waals surface area (Å²) in [5.74, 6) is -0.565. The molecule has 8 nitrogen and oxygen atoms in total. The third-order valence-corrected chi connectivity index (χ3v) is 7.10. The summed E-state index contributed by atoms with van der Waals surface area (Å²) in [6.45, 7) is 2.07. The van der Waals surface area contributed by atoms with Gasteiger partial charge in [0.1, 0.15) is 6.04 Å². The molecular formula is C22H33N3O5S. The highest BCUT2D eigenvalue weighted by molar-refractivity contribution is 7.88. The van der Waals surface area contributed by atoms with Crippen LogP contribution in [0.3, 0.4) is 0 Å². The smallest absolute Gasteiger partial charge is 0.321 e. The van der Waals surface area contributed by atoms with Crippen LogP contribution < -0.4 is 15.4 Å². The van der Waals surface area contributed by atoms with E-state index in [1.807, 2.05) is 12.1 Å². The Kier molecular flexibility index (Phi) is 8.07. The second-order valence-electron chi connectivity index (χ2n) is 8.85. The van der Waals surface area contributed by atoms with Gasteiger partial charge in [0.25, 0.3) is 5.91 Å². The van der Waals surface area contributed by atoms with Crippen LogP contribution in [0.2, 0.25) is 0 Å². The van der Waals surface area contributed by atoms with Crippen molar-refractivity contribution in [2.24, 2.45) is 5.92 Å². The van der Waals surface area contributed by atoms with Crippen molar-refractivity contribution in [2.75, 3.05) is 19.3 Å². The van der Waals surface area contributed by atoms with Gasteiger partial charge in [-0.25, -0.2) is 13.1 Å². The fraction of sp³-hybridized carbons (Fsp3) is 0.636. The van der Waals surface area contributed by atoms with Crippen LogP contribution in [-0.4, -0.2) is 56.8 Å². The number of sulfonamides is 1. The Bertz CT molecular complexity index is 858. The van der Waals surface area contributed by atoms with Gasteiger partial charge < -0.3 is 15.7 Å². The molecule has 31 heavy (non-hydrogen) atoms. The molecule has 1 atom stereocenters. The number of carboxylic acid groups (broad SMARTS) is 1. The van der Waals surface area contributed by atoms with Crippen LogP contribution in [0.25, 0.3) is 0 Å². The Morgan fingerprint density at radius 3 is 2.23 bits per heavy atom. The van der Waals surface area contributed by atoms with Gasteiger partial charge in [-0.15, -0.1) is 0 Å². The second kappa shape index (κ2) is 10.6. The second-order valence-corrected chi connectivity index (χ2v) is 10.6. The van der Waals surface area contributed by atoms with E-state index in [2.05, 4.69) is 27.5 Å². The van der Waals surface area contributed by atoms with Gasteiger partial charge in [0.05, 0.1) is 6.26 Å². The van der Waals surface area contributed by atoms with E-state index in [4.69, 9.17) is 0 Å². The highest BCUT2D eigenvalue weighted by Gasteiger charge is 2.29. The molecule has 1 saturated heterocycles. The molecule has 0 spiro atoms. The third-order valence-electron chi connectivity index (χ3n) is 6.39. The van der Waals surface area contributed by atoms with E-state index in [9.17, 15) is 23.1 Å². The number of hydrogen-bond donors (Lipinski definition) is 4. The zero-order valence-electron chi connectivity index (χ0n) is 18.0. The van der Waals surface area contributed by atoms with Gasteiger partial charge in [-0.1, -0.05) is 12.1 Å². The van der Waals surface area contributed by atoms with E-state index in [0.29, 0.717) is 11.5 Å². The molecule has 1 saturated carbocycles. The van der Waals surface area contributed by atoms with Gasteiger partial charge in [0.2, 0.25) is 10.0 Å². The Labute approximate surface area is 184 Å². The van der Waals surface area contributed by atoms with Crippen molar-refractivity contribution in [3.05, 3.63) is 35.4 Å². The highest BCUT2D eigenvalue weighted by Crippen LogP contribution is 2.29. The SMILES string of the molecule is CS(=O)(=O)NC(CC1CCC(NC(=O)c2ccc(C3CCNCC3)cc2)CC1)C(=O)O. The summed E-state index contributed by atoms with van der Waals surface area (Å²) < 4.78 is 25.0. The van der Waals surface area contributed by atoms with Gasteiger partial charge in [-0.05, 0) is 87.6 Å². The lowest BCUT2D eigenvalue weighted by molar-refractivity contribution is -0.139. The molecule has 1 aliphatic heterocycles. The van der Waals surface area contributed by atoms with Crippen LogP contribution in [0, 0.1) is 5.92 Å². The first kappa shape index (κ1) is 23.7. The lowest BCUT2D eigenvalue weighted by atomic mass is 9.82. The number of carboxylic acids is 1. The molecule has 4 N–H and O–H groups in total. The normalized spacial score (nSPS) is 23.8. The van der Waals surface area contributed by atoms with Gasteiger partial charge in [-0.3, -0.25) is 9.59 Å². The molecule has 0 aromatic heterocycles. The molecule has 2 aliphatic rings. The van der Waals surface area contributed by atoms with E-state index >= 15 is 0 Å². The van der Waals surface area contributed by atoms with E-state index in [0.717, 1.165) is 57.9 Å². The minimum absolute atomic E-state index is 0.0546. The average Bonchev–Trinajstić information content (AvgIpc) is 2.74. The van der Waals surface area contributed by atoms with E-state index in [1.165, 1.54) is 5.56 Å². The van der Waals surface area contributed by atoms with Crippen molar-refractivity contribution >= 4 is 21.9 Å². The van der Waals surface area contributed by atoms with Crippen LogP contribution in [0.4, 0.5) is 0 Å². The third kappa shape index (κ3) is 7.29. The molecule has 1 aliphatic carbocycles. The first-order valence-electron chi connectivity index (χ1n) is 11.0. The van der Waals surface area contributed by atoms with Gasteiger partial charge in [0, 0.05) is 11.6 Å². The first-order valence-corrected chi connectivity index (χ1v) is 12.9. The number of aliphatic carboxylic acids is 1. The summed E-state index contributed by atoms with van der Waals surface area (Å²) in [6, 6.07) is 6.86. The van der Waals surface area contributed by atoms with Gasteiger partial charge in [0.15, 0.2) is 0 Å². The maximum absolute atomic E-state index is 12.6. The van der Waals surface area contributed by atoms with Crippen molar-refractivity contribution in [2.45, 2.75) is 62.9 Å². The summed E-state index contributed by atoms with van der Waals surface area (Å²) in [4.78, 5) is 24.0. The Balaban J connectivity index is 1.46. The Morgan fingerprint density at radius 2 is 1.68 bits per heavy atom. The zero-order valence-corrected chi connectivity index (χ0v) is 18.8. The van der Waals surface area contributed by atoms with Crippen molar-refractivity contribution in [3.8, 4) is 0 Å². The van der Waals surface area contributed by atoms with Crippen molar-refractivity contribution in [1.82, 2.24) is 15.4 Å². The molecule has 1 unspecified atom stereocenters. The molecule has 1 amide bonds. The number of nitrogens with one attached hydrogen (secondary N) is 3. The number of piperidine rings is 1. The predicted octanol–water partition coefficient (Wildman–Crippen LogP) is 1.83. The van der Waals surface area contributed by atoms with E-state index in [1.54, 1.807) is 0 Å². The molecule has 1 aromatic rings. The van der Waals surface area contributed by atoms with E-state index in [-0.39, 0.29) is 24.3 Å². The number of carbonyl (C=O) groups is 2. The molecule has 172 valence electrons. The standard InChI is InChI=1S/C22H33N3O5S/c1-31(29,30)25-20(22(27)28)14-15-2-8-19(9-3-15)24-21(26)18-6-4-16(5-7-18)17-10-12-23-13-11-17/h4-7,15,17,19-20,23,25H,2-3,8-14H2,1H3,(H,24,26)(H,27,28). The topological polar surface area (TPSA) is 125 Å². The molecule has 0 radical (unpaired) electrons. The lowest BCUT2D eigenvalue weighted by Gasteiger charge is -2.30. The number of benzene rings is 1. The summed E-state index contributed by atoms with van der Waals surface area (Å²) in [6.07, 6.45) is 6.51. The minimum Gasteiger partial charge on any atom is -0.480 e. The Hall–Kier alpha value is -1.97. The maximum atomic E-state index is 12.6. The molecule has 0 bridgehead atoms. The first-order chi connectivity index (χ1) is 14.7. The highest BCUT2D eigenvalue weighted by atomic mass is 32.2. The summed E-state index contributed by atoms with van der Waals surface area (Å²) in [7, 11) is -3.58. The quantitative estimate of drug-likeness (QED) is 0.478.